The van der Waals surface area contributed by atoms with Crippen molar-refractivity contribution in [1.29, 1.82) is 0 Å². The number of benzene rings is 2. The van der Waals surface area contributed by atoms with Crippen LogP contribution in [0.1, 0.15) is 36.6 Å². The molecule has 0 unspecified atom stereocenters. The minimum atomic E-state index is -0.742. The van der Waals surface area contributed by atoms with Gasteiger partial charge in [-0.3, -0.25) is 9.59 Å². The minimum Gasteiger partial charge on any atom is -0.324 e. The van der Waals surface area contributed by atoms with Crippen molar-refractivity contribution in [2.24, 2.45) is 0 Å². The van der Waals surface area contributed by atoms with Crippen LogP contribution in [0, 0.1) is 0 Å². The molecule has 6 nitrogen and oxygen atoms in total. The van der Waals surface area contributed by atoms with Crippen LogP contribution in [0.15, 0.2) is 48.5 Å². The topological polar surface area (TPSA) is 66.9 Å². The third-order valence-electron chi connectivity index (χ3n) is 3.97. The zero-order chi connectivity index (χ0) is 18.0. The Kier molecular flexibility index (Phi) is 4.63. The summed E-state index contributed by atoms with van der Waals surface area (Å²) in [7, 11) is 3.99. The molecule has 2 aromatic carbocycles. The van der Waals surface area contributed by atoms with E-state index in [0.29, 0.717) is 5.06 Å². The largest absolute Gasteiger partial charge is 0.363 e. The molecule has 0 aliphatic carbocycles. The van der Waals surface area contributed by atoms with Crippen molar-refractivity contribution >= 4 is 17.8 Å². The third kappa shape index (κ3) is 3.44. The summed E-state index contributed by atoms with van der Waals surface area (Å²) in [4.78, 5) is 43.7. The van der Waals surface area contributed by atoms with Crippen molar-refractivity contribution in [3.8, 4) is 0 Å². The van der Waals surface area contributed by atoms with Gasteiger partial charge in [0.05, 0.1) is 16.7 Å². The zero-order valence-corrected chi connectivity index (χ0v) is 14.1. The van der Waals surface area contributed by atoms with Crippen LogP contribution in [0.4, 0.5) is 0 Å². The highest BCUT2D eigenvalue weighted by Crippen LogP contribution is 2.23. The number of carbonyl (C=O) groups excluding carboxylic acids is 3. The van der Waals surface area contributed by atoms with E-state index in [1.54, 1.807) is 24.3 Å². The molecule has 0 bridgehead atoms. The third-order valence-corrected chi connectivity index (χ3v) is 3.97. The summed E-state index contributed by atoms with van der Waals surface area (Å²) in [5.41, 5.74) is 1.84. The summed E-state index contributed by atoms with van der Waals surface area (Å²) in [6.45, 7) is 0.902. The Morgan fingerprint density at radius 2 is 1.52 bits per heavy atom. The maximum atomic E-state index is 12.2. The molecule has 1 heterocycles. The molecule has 3 rings (SSSR count). The second-order valence-corrected chi connectivity index (χ2v) is 6.08. The fourth-order valence-corrected chi connectivity index (χ4v) is 2.55. The van der Waals surface area contributed by atoms with Gasteiger partial charge < -0.3 is 9.74 Å². The summed E-state index contributed by atoms with van der Waals surface area (Å²) in [5.74, 6) is -2.00. The lowest BCUT2D eigenvalue weighted by Crippen LogP contribution is -2.32. The van der Waals surface area contributed by atoms with E-state index >= 15 is 0 Å². The molecular weight excluding hydrogens is 320 g/mol. The van der Waals surface area contributed by atoms with E-state index < -0.39 is 17.8 Å². The van der Waals surface area contributed by atoms with E-state index in [1.165, 1.54) is 12.1 Å². The van der Waals surface area contributed by atoms with Gasteiger partial charge in [0.15, 0.2) is 0 Å². The number of hydrogen-bond donors (Lipinski definition) is 0. The molecule has 2 aromatic rings. The van der Waals surface area contributed by atoms with Crippen LogP contribution < -0.4 is 0 Å². The van der Waals surface area contributed by atoms with Crippen LogP contribution in [0.25, 0.3) is 0 Å². The van der Waals surface area contributed by atoms with Crippen molar-refractivity contribution in [1.82, 2.24) is 9.96 Å². The lowest BCUT2D eigenvalue weighted by atomic mass is 10.1. The minimum absolute atomic E-state index is 0.235. The smallest absolute Gasteiger partial charge is 0.324 e. The van der Waals surface area contributed by atoms with Gasteiger partial charge in [0.2, 0.25) is 0 Å². The van der Waals surface area contributed by atoms with E-state index in [4.69, 9.17) is 4.84 Å². The van der Waals surface area contributed by atoms with Crippen molar-refractivity contribution in [2.75, 3.05) is 20.6 Å². The Morgan fingerprint density at radius 1 is 0.960 bits per heavy atom. The van der Waals surface area contributed by atoms with E-state index in [9.17, 15) is 14.4 Å². The number of likely N-dealkylation sites (N-methyl/N-ethyl adjacent to an activating group) is 1. The monoisotopic (exact) mass is 338 g/mol. The first-order valence-electron chi connectivity index (χ1n) is 7.91. The van der Waals surface area contributed by atoms with Gasteiger partial charge in [0, 0.05) is 6.54 Å². The first-order valence-corrected chi connectivity index (χ1v) is 7.91. The van der Waals surface area contributed by atoms with E-state index in [1.807, 2.05) is 26.2 Å². The van der Waals surface area contributed by atoms with Gasteiger partial charge in [-0.25, -0.2) is 4.79 Å². The fraction of sp³-hybridized carbons (Fsp3) is 0.211. The highest BCUT2D eigenvalue weighted by Gasteiger charge is 2.38. The number of imide groups is 1. The average molecular weight is 338 g/mol. The second-order valence-electron chi connectivity index (χ2n) is 6.08. The highest BCUT2D eigenvalue weighted by atomic mass is 16.7. The fourth-order valence-electron chi connectivity index (χ4n) is 2.55. The first-order chi connectivity index (χ1) is 12.0. The molecule has 0 fully saturated rings. The Morgan fingerprint density at radius 3 is 2.04 bits per heavy atom. The van der Waals surface area contributed by atoms with E-state index in [0.717, 1.165) is 18.5 Å². The summed E-state index contributed by atoms with van der Waals surface area (Å²) >= 11 is 0. The van der Waals surface area contributed by atoms with Crippen molar-refractivity contribution in [3.63, 3.8) is 0 Å². The number of hydrogen-bond acceptors (Lipinski definition) is 5. The van der Waals surface area contributed by atoms with Crippen LogP contribution >= 0.6 is 0 Å². The summed E-state index contributed by atoms with van der Waals surface area (Å²) in [6, 6.07) is 13.3. The summed E-state index contributed by atoms with van der Waals surface area (Å²) in [6.07, 6.45) is 0.862. The molecule has 0 atom stereocenters. The molecule has 6 heteroatoms. The van der Waals surface area contributed by atoms with Gasteiger partial charge >= 0.3 is 5.97 Å². The van der Waals surface area contributed by atoms with Gasteiger partial charge in [-0.2, -0.15) is 0 Å². The quantitative estimate of drug-likeness (QED) is 0.782. The summed E-state index contributed by atoms with van der Waals surface area (Å²) in [5, 5.41) is 0.521. The Bertz CT molecular complexity index is 793. The Labute approximate surface area is 145 Å². The highest BCUT2D eigenvalue weighted by molar-refractivity contribution is 6.21. The molecule has 0 saturated heterocycles. The number of hydroxylamine groups is 2. The average Bonchev–Trinajstić information content (AvgIpc) is 2.85. The van der Waals surface area contributed by atoms with Crippen molar-refractivity contribution in [3.05, 3.63) is 70.8 Å². The van der Waals surface area contributed by atoms with E-state index in [2.05, 4.69) is 4.90 Å². The van der Waals surface area contributed by atoms with Crippen LogP contribution in [0.5, 0.6) is 0 Å². The van der Waals surface area contributed by atoms with Crippen LogP contribution in [-0.2, 0) is 11.3 Å². The molecule has 2 amide bonds. The zero-order valence-electron chi connectivity index (χ0n) is 14.1. The molecule has 0 aromatic heterocycles. The van der Waals surface area contributed by atoms with Gasteiger partial charge in [-0.05, 0) is 50.3 Å². The Hall–Kier alpha value is -2.99. The summed E-state index contributed by atoms with van der Waals surface area (Å²) < 4.78 is 0. The predicted molar refractivity (Wildman–Crippen MR) is 91.1 cm³/mol. The number of fused-ring (bicyclic) bond motifs is 1. The van der Waals surface area contributed by atoms with Gasteiger partial charge in [0.1, 0.15) is 0 Å². The number of carbonyl (C=O) groups is 3. The van der Waals surface area contributed by atoms with Gasteiger partial charge in [-0.1, -0.05) is 29.3 Å². The lowest BCUT2D eigenvalue weighted by Gasteiger charge is -2.13. The molecular formula is C19H18N2O4. The van der Waals surface area contributed by atoms with Crippen LogP contribution in [0.3, 0.4) is 0 Å². The first kappa shape index (κ1) is 16.9. The van der Waals surface area contributed by atoms with Gasteiger partial charge in [0.25, 0.3) is 11.8 Å². The molecule has 0 radical (unpaired) electrons. The number of amides is 2. The molecule has 25 heavy (non-hydrogen) atoms. The predicted octanol–water partition coefficient (Wildman–Crippen LogP) is 2.16. The van der Waals surface area contributed by atoms with E-state index in [-0.39, 0.29) is 16.7 Å². The molecule has 1 aliphatic heterocycles. The SMILES string of the molecule is CN(C)CCc1ccc(C(=O)ON2C(=O)c3ccccc3C2=O)cc1. The van der Waals surface area contributed by atoms with Crippen molar-refractivity contribution < 1.29 is 19.2 Å². The second kappa shape index (κ2) is 6.86. The Balaban J connectivity index is 1.69. The van der Waals surface area contributed by atoms with Crippen LogP contribution in [-0.4, -0.2) is 48.4 Å². The lowest BCUT2D eigenvalue weighted by molar-refractivity contribution is -0.0584. The molecule has 128 valence electrons. The molecule has 0 N–H and O–H groups in total. The normalized spacial score (nSPS) is 13.3. The molecule has 0 spiro atoms. The maximum Gasteiger partial charge on any atom is 0.363 e. The number of rotatable bonds is 5. The van der Waals surface area contributed by atoms with Crippen molar-refractivity contribution in [2.45, 2.75) is 6.42 Å². The molecule has 1 aliphatic rings. The number of nitrogens with zero attached hydrogens (tertiary/aromatic N) is 2. The maximum absolute atomic E-state index is 12.2. The van der Waals surface area contributed by atoms with Gasteiger partial charge in [-0.15, -0.1) is 0 Å². The molecule has 0 saturated carbocycles. The standard InChI is InChI=1S/C19H18N2O4/c1-20(2)12-11-13-7-9-14(10-8-13)19(24)25-21-17(22)15-5-3-4-6-16(15)18(21)23/h3-10H,11-12H2,1-2H3. The van der Waals surface area contributed by atoms with Crippen LogP contribution in [0.2, 0.25) is 0 Å².